The Morgan fingerprint density at radius 3 is 2.66 bits per heavy atom. The molecule has 0 saturated carbocycles. The molecule has 5 aromatic rings. The first-order valence-corrected chi connectivity index (χ1v) is 14.7. The van der Waals surface area contributed by atoms with E-state index in [9.17, 15) is 15.0 Å². The summed E-state index contributed by atoms with van der Waals surface area (Å²) in [5.74, 6) is 1.68. The number of rotatable bonds is 8. The van der Waals surface area contributed by atoms with E-state index < -0.39 is 11.8 Å². The highest BCUT2D eigenvalue weighted by atomic mass is 16.5. The van der Waals surface area contributed by atoms with E-state index in [0.29, 0.717) is 53.7 Å². The molecule has 44 heavy (non-hydrogen) atoms. The summed E-state index contributed by atoms with van der Waals surface area (Å²) in [7, 11) is 3.49. The van der Waals surface area contributed by atoms with E-state index in [-0.39, 0.29) is 5.91 Å². The predicted octanol–water partition coefficient (Wildman–Crippen LogP) is 4.51. The van der Waals surface area contributed by atoms with Crippen LogP contribution < -0.4 is 10.1 Å². The molecule has 3 N–H and O–H groups in total. The average molecular weight is 596 g/mol. The number of hydrogen-bond acceptors (Lipinski definition) is 8. The van der Waals surface area contributed by atoms with Crippen molar-refractivity contribution in [1.29, 1.82) is 0 Å². The second-order valence-electron chi connectivity index (χ2n) is 11.7. The molecule has 1 fully saturated rings. The van der Waals surface area contributed by atoms with Gasteiger partial charge in [-0.1, -0.05) is 24.3 Å². The van der Waals surface area contributed by atoms with Gasteiger partial charge in [0.05, 0.1) is 24.1 Å². The third-order valence-corrected chi connectivity index (χ3v) is 8.07. The Balaban J connectivity index is 1.41. The van der Waals surface area contributed by atoms with Crippen LogP contribution in [0.5, 0.6) is 5.75 Å². The van der Waals surface area contributed by atoms with Crippen LogP contribution in [-0.2, 0) is 19.2 Å². The molecule has 2 aromatic carbocycles. The molecular weight excluding hydrogens is 558 g/mol. The van der Waals surface area contributed by atoms with E-state index in [1.54, 1.807) is 36.7 Å². The number of aliphatic hydroxyl groups excluding tert-OH is 1. The number of benzene rings is 2. The van der Waals surface area contributed by atoms with Gasteiger partial charge in [-0.2, -0.15) is 9.61 Å². The molecule has 11 nitrogen and oxygen atoms in total. The Hall–Kier alpha value is -4.74. The van der Waals surface area contributed by atoms with Crippen molar-refractivity contribution in [3.05, 3.63) is 83.4 Å². The molecule has 6 rings (SSSR count). The molecule has 0 aliphatic carbocycles. The van der Waals surface area contributed by atoms with Gasteiger partial charge in [0.25, 0.3) is 5.91 Å². The number of aliphatic hydroxyl groups is 2. The van der Waals surface area contributed by atoms with Crippen LogP contribution >= 0.6 is 0 Å². The molecule has 4 heterocycles. The number of carbonyl (C=O) groups is 1. The topological polar surface area (TPSA) is 130 Å². The standard InChI is InChI=1S/C33H37N7O4/c1-20-29(22-11-12-25(44-5)24(17-22)32(42)39-14-7-10-28(39)41)31-36-26(33(2,3)43)18-27(40(31)37-20)35-19-21-8-6-9-23(16-21)30-34-13-15-38(30)4/h6,8-9,11-13,15-18,28,35,41,43H,7,10,14,19H2,1-5H3. The van der Waals surface area contributed by atoms with E-state index in [1.807, 2.05) is 55.1 Å². The number of methoxy groups -OCH3 is 1. The normalized spacial score (nSPS) is 15.2. The summed E-state index contributed by atoms with van der Waals surface area (Å²) < 4.78 is 9.25. The lowest BCUT2D eigenvalue weighted by Crippen LogP contribution is -2.35. The second kappa shape index (κ2) is 11.4. The number of likely N-dealkylation sites (tertiary alicyclic amines) is 1. The number of fused-ring (bicyclic) bond motifs is 1. The van der Waals surface area contributed by atoms with Gasteiger partial charge in [0, 0.05) is 49.7 Å². The van der Waals surface area contributed by atoms with E-state index in [4.69, 9.17) is 14.8 Å². The van der Waals surface area contributed by atoms with Crippen molar-refractivity contribution in [3.63, 3.8) is 0 Å². The summed E-state index contributed by atoms with van der Waals surface area (Å²) in [6.45, 7) is 6.26. The SMILES string of the molecule is COc1ccc(-c2c(C)nn3c(NCc4cccc(-c5nccn5C)c4)cc(C(C)(C)O)nc23)cc1C(=O)N1CCCC1O. The molecule has 1 unspecified atom stereocenters. The first-order valence-electron chi connectivity index (χ1n) is 14.7. The van der Waals surface area contributed by atoms with Gasteiger partial charge < -0.3 is 29.7 Å². The maximum atomic E-state index is 13.5. The number of aromatic nitrogens is 5. The third-order valence-electron chi connectivity index (χ3n) is 8.07. The fourth-order valence-corrected chi connectivity index (χ4v) is 5.73. The quantitative estimate of drug-likeness (QED) is 0.239. The largest absolute Gasteiger partial charge is 0.496 e. The molecule has 0 bridgehead atoms. The van der Waals surface area contributed by atoms with Crippen LogP contribution in [0.25, 0.3) is 28.2 Å². The van der Waals surface area contributed by atoms with Crippen molar-refractivity contribution in [2.45, 2.75) is 52.0 Å². The van der Waals surface area contributed by atoms with E-state index >= 15 is 0 Å². The van der Waals surface area contributed by atoms with Crippen LogP contribution in [-0.4, -0.2) is 65.1 Å². The maximum Gasteiger partial charge on any atom is 0.259 e. The number of amides is 1. The highest BCUT2D eigenvalue weighted by molar-refractivity contribution is 5.99. The minimum atomic E-state index is -1.22. The zero-order valence-electron chi connectivity index (χ0n) is 25.6. The van der Waals surface area contributed by atoms with Gasteiger partial charge in [-0.3, -0.25) is 4.79 Å². The number of nitrogens with one attached hydrogen (secondary N) is 1. The van der Waals surface area contributed by atoms with Gasteiger partial charge in [0.2, 0.25) is 0 Å². The Labute approximate surface area is 255 Å². The Bertz CT molecular complexity index is 1850. The van der Waals surface area contributed by atoms with Crippen LogP contribution in [0.2, 0.25) is 0 Å². The summed E-state index contributed by atoms with van der Waals surface area (Å²) >= 11 is 0. The van der Waals surface area contributed by atoms with Gasteiger partial charge in [-0.05, 0) is 62.9 Å². The number of ether oxygens (including phenoxy) is 1. The van der Waals surface area contributed by atoms with Crippen molar-refractivity contribution >= 4 is 17.4 Å². The number of carbonyl (C=O) groups excluding carboxylic acids is 1. The van der Waals surface area contributed by atoms with Crippen molar-refractivity contribution < 1.29 is 19.7 Å². The van der Waals surface area contributed by atoms with Crippen LogP contribution in [0.4, 0.5) is 5.82 Å². The lowest BCUT2D eigenvalue weighted by Gasteiger charge is -2.22. The summed E-state index contributed by atoms with van der Waals surface area (Å²) in [4.78, 5) is 24.3. The van der Waals surface area contributed by atoms with Crippen LogP contribution in [0.1, 0.15) is 54.0 Å². The molecular formula is C33H37N7O4. The number of anilines is 1. The van der Waals surface area contributed by atoms with Crippen LogP contribution in [0.3, 0.4) is 0 Å². The Morgan fingerprint density at radius 2 is 1.98 bits per heavy atom. The minimum Gasteiger partial charge on any atom is -0.496 e. The van der Waals surface area contributed by atoms with E-state index in [1.165, 1.54) is 12.0 Å². The Kier molecular flexibility index (Phi) is 7.60. The molecule has 1 aliphatic heterocycles. The van der Waals surface area contributed by atoms with Crippen molar-refractivity contribution in [1.82, 2.24) is 29.0 Å². The van der Waals surface area contributed by atoms with Gasteiger partial charge >= 0.3 is 0 Å². The first kappa shape index (κ1) is 29.3. The zero-order chi connectivity index (χ0) is 31.2. The number of nitrogens with zero attached hydrogens (tertiary/aromatic N) is 6. The molecule has 228 valence electrons. The Morgan fingerprint density at radius 1 is 1.16 bits per heavy atom. The third kappa shape index (κ3) is 5.40. The molecule has 0 spiro atoms. The lowest BCUT2D eigenvalue weighted by atomic mass is 10.0. The van der Waals surface area contributed by atoms with Gasteiger partial charge in [-0.15, -0.1) is 0 Å². The molecule has 1 saturated heterocycles. The van der Waals surface area contributed by atoms with E-state index in [2.05, 4.69) is 16.4 Å². The van der Waals surface area contributed by atoms with Crippen molar-refractivity contribution in [3.8, 4) is 28.3 Å². The highest BCUT2D eigenvalue weighted by Crippen LogP contribution is 2.35. The molecule has 11 heteroatoms. The smallest absolute Gasteiger partial charge is 0.259 e. The summed E-state index contributed by atoms with van der Waals surface area (Å²) in [5.41, 5.74) is 4.36. The average Bonchev–Trinajstić information content (AvgIpc) is 3.72. The van der Waals surface area contributed by atoms with E-state index in [0.717, 1.165) is 34.5 Å². The van der Waals surface area contributed by atoms with Crippen LogP contribution in [0.15, 0.2) is 60.9 Å². The zero-order valence-corrected chi connectivity index (χ0v) is 25.6. The second-order valence-corrected chi connectivity index (χ2v) is 11.7. The minimum absolute atomic E-state index is 0.289. The molecule has 3 aromatic heterocycles. The van der Waals surface area contributed by atoms with Gasteiger partial charge in [-0.25, -0.2) is 9.97 Å². The fourth-order valence-electron chi connectivity index (χ4n) is 5.73. The molecule has 1 amide bonds. The van der Waals surface area contributed by atoms with Gasteiger partial charge in [0.15, 0.2) is 5.65 Å². The first-order chi connectivity index (χ1) is 21.0. The highest BCUT2D eigenvalue weighted by Gasteiger charge is 2.30. The molecule has 0 radical (unpaired) electrons. The van der Waals surface area contributed by atoms with Crippen molar-refractivity contribution in [2.75, 3.05) is 19.0 Å². The molecule has 1 aliphatic rings. The number of aryl methyl sites for hydroxylation is 2. The summed E-state index contributed by atoms with van der Waals surface area (Å²) in [6.07, 6.45) is 4.17. The lowest BCUT2D eigenvalue weighted by molar-refractivity contribution is 0.0290. The number of imidazole rings is 1. The summed E-state index contributed by atoms with van der Waals surface area (Å²) in [5, 5.41) is 29.7. The fraction of sp³-hybridized carbons (Fsp3) is 0.333. The van der Waals surface area contributed by atoms with Crippen molar-refractivity contribution in [2.24, 2.45) is 7.05 Å². The summed E-state index contributed by atoms with van der Waals surface area (Å²) in [6, 6.07) is 15.4. The predicted molar refractivity (Wildman–Crippen MR) is 167 cm³/mol. The van der Waals surface area contributed by atoms with Crippen LogP contribution in [0, 0.1) is 6.92 Å². The monoisotopic (exact) mass is 595 g/mol. The number of hydrogen-bond donors (Lipinski definition) is 3. The maximum absolute atomic E-state index is 13.5. The van der Waals surface area contributed by atoms with Gasteiger partial charge in [0.1, 0.15) is 29.2 Å². The molecule has 1 atom stereocenters.